The first-order valence-corrected chi connectivity index (χ1v) is 7.79. The standard InChI is InChI=1S/C9H13BrN2O3S2/c1-9(2,8(11)13)5-12-17(14,15)7-4-3-6(10)16-7/h3-4,12H,5H2,1-2H3,(H2,11,13). The molecule has 1 heterocycles. The van der Waals surface area contributed by atoms with Crippen molar-refractivity contribution in [1.29, 1.82) is 0 Å². The van der Waals surface area contributed by atoms with Gasteiger partial charge in [-0.1, -0.05) is 0 Å². The fraction of sp³-hybridized carbons (Fsp3) is 0.444. The SMILES string of the molecule is CC(C)(CNS(=O)(=O)c1ccc(Br)s1)C(N)=O. The maximum Gasteiger partial charge on any atom is 0.250 e. The lowest BCUT2D eigenvalue weighted by Crippen LogP contribution is -2.42. The molecule has 0 aliphatic heterocycles. The summed E-state index contributed by atoms with van der Waals surface area (Å²) in [5.74, 6) is -0.549. The number of rotatable bonds is 5. The number of halogens is 1. The van der Waals surface area contributed by atoms with Crippen LogP contribution in [0.2, 0.25) is 0 Å². The van der Waals surface area contributed by atoms with E-state index in [9.17, 15) is 13.2 Å². The van der Waals surface area contributed by atoms with Crippen LogP contribution in [0.4, 0.5) is 0 Å². The molecule has 1 rings (SSSR count). The largest absolute Gasteiger partial charge is 0.369 e. The fourth-order valence-electron chi connectivity index (χ4n) is 0.876. The highest BCUT2D eigenvalue weighted by molar-refractivity contribution is 9.11. The lowest BCUT2D eigenvalue weighted by atomic mass is 9.93. The van der Waals surface area contributed by atoms with Gasteiger partial charge in [0.25, 0.3) is 0 Å². The molecular formula is C9H13BrN2O3S2. The Kier molecular flexibility index (Phi) is 4.34. The second kappa shape index (κ2) is 5.05. The zero-order valence-corrected chi connectivity index (χ0v) is 12.6. The van der Waals surface area contributed by atoms with E-state index in [2.05, 4.69) is 20.7 Å². The van der Waals surface area contributed by atoms with Gasteiger partial charge in [-0.05, 0) is 41.9 Å². The van der Waals surface area contributed by atoms with E-state index in [0.29, 0.717) is 0 Å². The molecule has 0 unspecified atom stereocenters. The highest BCUT2D eigenvalue weighted by atomic mass is 79.9. The van der Waals surface area contributed by atoms with Crippen molar-refractivity contribution in [3.8, 4) is 0 Å². The summed E-state index contributed by atoms with van der Waals surface area (Å²) in [7, 11) is -3.58. The Bertz CT molecular complexity index is 522. The summed E-state index contributed by atoms with van der Waals surface area (Å²) in [5, 5.41) is 0. The molecular weight excluding hydrogens is 328 g/mol. The molecule has 17 heavy (non-hydrogen) atoms. The molecule has 8 heteroatoms. The van der Waals surface area contributed by atoms with Crippen LogP contribution in [0, 0.1) is 5.41 Å². The third-order valence-corrected chi connectivity index (χ3v) is 5.70. The van der Waals surface area contributed by atoms with Crippen LogP contribution in [-0.2, 0) is 14.8 Å². The summed E-state index contributed by atoms with van der Waals surface area (Å²) in [6, 6.07) is 3.15. The molecule has 0 aromatic carbocycles. The summed E-state index contributed by atoms with van der Waals surface area (Å²) in [5.41, 5.74) is 4.25. The Labute approximate surface area is 113 Å². The number of carbonyl (C=O) groups excluding carboxylic acids is 1. The van der Waals surface area contributed by atoms with Crippen molar-refractivity contribution in [2.75, 3.05) is 6.54 Å². The van der Waals surface area contributed by atoms with Crippen LogP contribution >= 0.6 is 27.3 Å². The van der Waals surface area contributed by atoms with Crippen molar-refractivity contribution in [3.05, 3.63) is 15.9 Å². The Hall–Kier alpha value is -0.440. The highest BCUT2D eigenvalue weighted by Crippen LogP contribution is 2.26. The lowest BCUT2D eigenvalue weighted by Gasteiger charge is -2.20. The van der Waals surface area contributed by atoms with Crippen molar-refractivity contribution >= 4 is 43.2 Å². The molecule has 0 spiro atoms. The summed E-state index contributed by atoms with van der Waals surface area (Å²) < 4.78 is 27.0. The van der Waals surface area contributed by atoms with Gasteiger partial charge >= 0.3 is 0 Å². The molecule has 0 aliphatic rings. The maximum absolute atomic E-state index is 11.8. The summed E-state index contributed by atoms with van der Waals surface area (Å²) in [6.07, 6.45) is 0. The number of thiophene rings is 1. The van der Waals surface area contributed by atoms with Gasteiger partial charge < -0.3 is 5.73 Å². The lowest BCUT2D eigenvalue weighted by molar-refractivity contribution is -0.125. The summed E-state index contributed by atoms with van der Waals surface area (Å²) in [4.78, 5) is 11.1. The van der Waals surface area contributed by atoms with Crippen LogP contribution in [0.5, 0.6) is 0 Å². The number of sulfonamides is 1. The number of hydrogen-bond donors (Lipinski definition) is 2. The molecule has 0 atom stereocenters. The quantitative estimate of drug-likeness (QED) is 0.846. The van der Waals surface area contributed by atoms with Crippen LogP contribution in [0.15, 0.2) is 20.1 Å². The van der Waals surface area contributed by atoms with Gasteiger partial charge in [-0.2, -0.15) is 0 Å². The van der Waals surface area contributed by atoms with Crippen LogP contribution in [0.25, 0.3) is 0 Å². The van der Waals surface area contributed by atoms with Crippen LogP contribution in [0.3, 0.4) is 0 Å². The molecule has 0 aliphatic carbocycles. The maximum atomic E-state index is 11.8. The smallest absolute Gasteiger partial charge is 0.250 e. The minimum absolute atomic E-state index is 0.0276. The van der Waals surface area contributed by atoms with E-state index in [0.717, 1.165) is 15.1 Å². The molecule has 0 saturated carbocycles. The Morgan fingerprint density at radius 2 is 2.12 bits per heavy atom. The van der Waals surface area contributed by atoms with Crippen molar-refractivity contribution < 1.29 is 13.2 Å². The van der Waals surface area contributed by atoms with Gasteiger partial charge in [0.1, 0.15) is 4.21 Å². The molecule has 0 saturated heterocycles. The Morgan fingerprint density at radius 1 is 1.53 bits per heavy atom. The Balaban J connectivity index is 2.79. The molecule has 1 aromatic rings. The number of carbonyl (C=O) groups is 1. The van der Waals surface area contributed by atoms with E-state index in [1.165, 1.54) is 6.07 Å². The molecule has 1 amide bonds. The second-order valence-electron chi connectivity index (χ2n) is 4.13. The van der Waals surface area contributed by atoms with Gasteiger partial charge in [-0.3, -0.25) is 4.79 Å². The molecule has 5 nitrogen and oxygen atoms in total. The average Bonchev–Trinajstić information content (AvgIpc) is 2.63. The van der Waals surface area contributed by atoms with E-state index in [1.54, 1.807) is 19.9 Å². The first kappa shape index (κ1) is 14.6. The topological polar surface area (TPSA) is 89.3 Å². The predicted octanol–water partition coefficient (Wildman–Crippen LogP) is 1.30. The average molecular weight is 341 g/mol. The van der Waals surface area contributed by atoms with E-state index in [4.69, 9.17) is 5.73 Å². The van der Waals surface area contributed by atoms with E-state index in [-0.39, 0.29) is 10.8 Å². The first-order valence-electron chi connectivity index (χ1n) is 4.70. The first-order chi connectivity index (χ1) is 7.65. The third kappa shape index (κ3) is 3.77. The van der Waals surface area contributed by atoms with Crippen molar-refractivity contribution in [2.45, 2.75) is 18.1 Å². The number of amides is 1. The van der Waals surface area contributed by atoms with Crippen molar-refractivity contribution in [2.24, 2.45) is 11.1 Å². The minimum Gasteiger partial charge on any atom is -0.369 e. The van der Waals surface area contributed by atoms with Gasteiger partial charge in [0.05, 0.1) is 9.20 Å². The summed E-state index contributed by atoms with van der Waals surface area (Å²) in [6.45, 7) is 3.14. The number of nitrogens with two attached hydrogens (primary N) is 1. The summed E-state index contributed by atoms with van der Waals surface area (Å²) >= 11 is 4.29. The van der Waals surface area contributed by atoms with Gasteiger partial charge in [-0.25, -0.2) is 13.1 Å². The van der Waals surface area contributed by atoms with Gasteiger partial charge in [0.2, 0.25) is 15.9 Å². The number of hydrogen-bond acceptors (Lipinski definition) is 4. The van der Waals surface area contributed by atoms with Crippen molar-refractivity contribution in [1.82, 2.24) is 4.72 Å². The zero-order chi connectivity index (χ0) is 13.3. The Morgan fingerprint density at radius 3 is 2.53 bits per heavy atom. The van der Waals surface area contributed by atoms with Gasteiger partial charge in [-0.15, -0.1) is 11.3 Å². The van der Waals surface area contributed by atoms with Gasteiger partial charge in [0, 0.05) is 6.54 Å². The van der Waals surface area contributed by atoms with E-state index in [1.807, 2.05) is 0 Å². The van der Waals surface area contributed by atoms with E-state index < -0.39 is 21.3 Å². The molecule has 0 radical (unpaired) electrons. The molecule has 0 fully saturated rings. The van der Waals surface area contributed by atoms with Gasteiger partial charge in [0.15, 0.2) is 0 Å². The fourth-order valence-corrected chi connectivity index (χ4v) is 4.14. The van der Waals surface area contributed by atoms with Crippen LogP contribution in [-0.4, -0.2) is 20.9 Å². The second-order valence-corrected chi connectivity index (χ2v) is 8.59. The highest BCUT2D eigenvalue weighted by Gasteiger charge is 2.28. The number of primary amides is 1. The molecule has 1 aromatic heterocycles. The molecule has 3 N–H and O–H groups in total. The zero-order valence-electron chi connectivity index (χ0n) is 9.36. The minimum atomic E-state index is -3.58. The normalized spacial score (nSPS) is 12.6. The molecule has 0 bridgehead atoms. The third-order valence-electron chi connectivity index (χ3n) is 2.18. The monoisotopic (exact) mass is 340 g/mol. The van der Waals surface area contributed by atoms with Crippen LogP contribution < -0.4 is 10.5 Å². The van der Waals surface area contributed by atoms with E-state index >= 15 is 0 Å². The predicted molar refractivity (Wildman–Crippen MR) is 70.2 cm³/mol. The van der Waals surface area contributed by atoms with Crippen LogP contribution in [0.1, 0.15) is 13.8 Å². The molecule has 96 valence electrons. The van der Waals surface area contributed by atoms with Crippen molar-refractivity contribution in [3.63, 3.8) is 0 Å². The number of nitrogens with one attached hydrogen (secondary N) is 1.